The summed E-state index contributed by atoms with van der Waals surface area (Å²) in [6, 6.07) is 132. The van der Waals surface area contributed by atoms with Gasteiger partial charge in [-0.15, -0.1) is 0 Å². The van der Waals surface area contributed by atoms with Crippen molar-refractivity contribution in [3.8, 4) is 101 Å². The molecule has 498 valence electrons. The van der Waals surface area contributed by atoms with Gasteiger partial charge in [-0.05, 0) is 222 Å². The lowest BCUT2D eigenvalue weighted by Crippen LogP contribution is -2.15. The maximum absolute atomic E-state index is 2.51. The molecule has 22 rings (SSSR count). The Bertz CT molecular complexity index is 7120. The van der Waals surface area contributed by atoms with Crippen LogP contribution < -0.4 is 0 Å². The van der Waals surface area contributed by atoms with Gasteiger partial charge in [-0.1, -0.05) is 252 Å². The number of benzene rings is 16. The average Bonchev–Trinajstić information content (AvgIpc) is 1.56. The molecule has 16 aromatic carbocycles. The molecule has 0 spiro atoms. The fourth-order valence-electron chi connectivity index (χ4n) is 18.8. The Kier molecular flexibility index (Phi) is 12.9. The number of rotatable bonds is 9. The highest BCUT2D eigenvalue weighted by Crippen LogP contribution is 2.54. The zero-order chi connectivity index (χ0) is 70.3. The van der Waals surface area contributed by atoms with E-state index in [9.17, 15) is 0 Å². The molecule has 4 heteroatoms. The van der Waals surface area contributed by atoms with Crippen molar-refractivity contribution in [1.29, 1.82) is 0 Å². The van der Waals surface area contributed by atoms with Crippen LogP contribution in [0.5, 0.6) is 0 Å². The lowest BCUT2D eigenvalue weighted by molar-refractivity contribution is 0.660. The van der Waals surface area contributed by atoms with Crippen molar-refractivity contribution in [3.05, 3.63) is 374 Å². The Labute approximate surface area is 614 Å². The molecular formula is C102H70N4. The Morgan fingerprint density at radius 1 is 0.179 bits per heavy atom. The quantitative estimate of drug-likeness (QED) is 0.137. The van der Waals surface area contributed by atoms with E-state index in [1.54, 1.807) is 0 Å². The molecule has 4 nitrogen and oxygen atoms in total. The molecule has 0 aliphatic heterocycles. The van der Waals surface area contributed by atoms with Crippen LogP contribution in [-0.2, 0) is 10.8 Å². The molecule has 0 bridgehead atoms. The Morgan fingerprint density at radius 2 is 0.538 bits per heavy atom. The molecule has 0 fully saturated rings. The first-order valence-electron chi connectivity index (χ1n) is 37.1. The summed E-state index contributed by atoms with van der Waals surface area (Å²) in [5.74, 6) is 0. The van der Waals surface area contributed by atoms with Gasteiger partial charge in [-0.3, -0.25) is 0 Å². The molecule has 0 saturated heterocycles. The van der Waals surface area contributed by atoms with Gasteiger partial charge in [0.2, 0.25) is 0 Å². The molecule has 2 aliphatic carbocycles. The van der Waals surface area contributed by atoms with Crippen molar-refractivity contribution >= 4 is 87.2 Å². The molecule has 0 N–H and O–H groups in total. The SMILES string of the molecule is CC1(C)c2ccc(-n3c4ccccc4c4cc(-c5ccc6c(c5)c5ccccc5n6-c5ccc(-c6ccccc6)cc5)ccc43)cc2-c2ccc(-c3cccc(-c4cccc(-n5c6ccccc6c6cc(-c7ccc8c(c7)c7ccccc7n8-c7cccc8c7-c7ccccc7C8(C)C)ccc65)c4)c3)cc21. The second kappa shape index (κ2) is 22.6. The number of hydrogen-bond acceptors (Lipinski definition) is 0. The van der Waals surface area contributed by atoms with Crippen LogP contribution in [0.15, 0.2) is 352 Å². The molecule has 4 aromatic heterocycles. The first-order valence-corrected chi connectivity index (χ1v) is 37.1. The van der Waals surface area contributed by atoms with Gasteiger partial charge in [0, 0.05) is 76.5 Å². The van der Waals surface area contributed by atoms with E-state index in [2.05, 4.69) is 398 Å². The van der Waals surface area contributed by atoms with Crippen molar-refractivity contribution in [2.24, 2.45) is 0 Å². The van der Waals surface area contributed by atoms with E-state index in [0.29, 0.717) is 0 Å². The van der Waals surface area contributed by atoms with E-state index in [0.717, 1.165) is 17.1 Å². The Morgan fingerprint density at radius 3 is 1.10 bits per heavy atom. The minimum Gasteiger partial charge on any atom is -0.309 e. The number of nitrogens with zero attached hydrogens (tertiary/aromatic N) is 4. The summed E-state index contributed by atoms with van der Waals surface area (Å²) in [5.41, 5.74) is 36.7. The van der Waals surface area contributed by atoms with Crippen molar-refractivity contribution in [1.82, 2.24) is 18.3 Å². The highest BCUT2D eigenvalue weighted by molar-refractivity contribution is 6.15. The fraction of sp³-hybridized carbons (Fsp3) is 0.0588. The van der Waals surface area contributed by atoms with Gasteiger partial charge >= 0.3 is 0 Å². The maximum atomic E-state index is 2.51. The van der Waals surface area contributed by atoms with Crippen molar-refractivity contribution in [2.75, 3.05) is 0 Å². The third-order valence-electron chi connectivity index (χ3n) is 24.0. The predicted molar refractivity (Wildman–Crippen MR) is 446 cm³/mol. The average molecular weight is 1350 g/mol. The molecule has 2 aliphatic rings. The van der Waals surface area contributed by atoms with E-state index in [-0.39, 0.29) is 10.8 Å². The van der Waals surface area contributed by atoms with Crippen LogP contribution in [0.4, 0.5) is 0 Å². The predicted octanol–water partition coefficient (Wildman–Crippen LogP) is 27.0. The van der Waals surface area contributed by atoms with Gasteiger partial charge in [0.15, 0.2) is 0 Å². The summed E-state index contributed by atoms with van der Waals surface area (Å²) in [6.45, 7) is 9.53. The topological polar surface area (TPSA) is 19.7 Å². The summed E-state index contributed by atoms with van der Waals surface area (Å²) >= 11 is 0. The lowest BCUT2D eigenvalue weighted by Gasteiger charge is -2.22. The van der Waals surface area contributed by atoms with Crippen LogP contribution in [0.1, 0.15) is 49.9 Å². The van der Waals surface area contributed by atoms with Crippen molar-refractivity contribution < 1.29 is 0 Å². The van der Waals surface area contributed by atoms with Gasteiger partial charge in [-0.25, -0.2) is 0 Å². The molecule has 0 saturated carbocycles. The molecular weight excluding hydrogens is 1280 g/mol. The van der Waals surface area contributed by atoms with Crippen LogP contribution in [-0.4, -0.2) is 18.3 Å². The monoisotopic (exact) mass is 1350 g/mol. The van der Waals surface area contributed by atoms with Crippen LogP contribution in [0, 0.1) is 0 Å². The standard InChI is InChI=1S/C102H70N4/c1-101(2)87-32-13-8-31-81(87)100-89(101)33-20-38-99(100)106-94-37-17-12-30-80(94)86-60-71(45-54-98(86)106)70-43-52-96-84(58-70)78-28-10-15-35-92(78)104(96)74-26-19-25-67(56-74)65-23-18-24-66(55-65)72-41-49-76-82-62-75(48-50-88(82)102(3,4)90(76)61-72)105-93-36-16-11-29-79(93)85-59-69(44-53-97(85)105)68-42-51-95-83(57-68)77-27-9-14-34-91(77)103(95)73-46-39-64(40-47-73)63-21-6-5-7-22-63/h5-62H,1-4H3. The summed E-state index contributed by atoms with van der Waals surface area (Å²) in [4.78, 5) is 0. The summed E-state index contributed by atoms with van der Waals surface area (Å²) in [6.07, 6.45) is 0. The third-order valence-corrected chi connectivity index (χ3v) is 24.0. The summed E-state index contributed by atoms with van der Waals surface area (Å²) < 4.78 is 9.84. The van der Waals surface area contributed by atoms with Gasteiger partial charge in [-0.2, -0.15) is 0 Å². The summed E-state index contributed by atoms with van der Waals surface area (Å²) in [5, 5.41) is 9.94. The number of fused-ring (bicyclic) bond motifs is 18. The van der Waals surface area contributed by atoms with Crippen LogP contribution in [0.3, 0.4) is 0 Å². The molecule has 0 unspecified atom stereocenters. The van der Waals surface area contributed by atoms with Gasteiger partial charge in [0.1, 0.15) is 0 Å². The van der Waals surface area contributed by atoms with E-state index in [1.165, 1.54) is 193 Å². The second-order valence-electron chi connectivity index (χ2n) is 30.4. The zero-order valence-corrected chi connectivity index (χ0v) is 59.3. The minimum atomic E-state index is -0.214. The van der Waals surface area contributed by atoms with Gasteiger partial charge in [0.05, 0.1) is 49.8 Å². The van der Waals surface area contributed by atoms with Crippen LogP contribution in [0.2, 0.25) is 0 Å². The summed E-state index contributed by atoms with van der Waals surface area (Å²) in [7, 11) is 0. The van der Waals surface area contributed by atoms with Gasteiger partial charge in [0.25, 0.3) is 0 Å². The van der Waals surface area contributed by atoms with E-state index in [1.807, 2.05) is 0 Å². The number of para-hydroxylation sites is 4. The van der Waals surface area contributed by atoms with E-state index in [4.69, 9.17) is 0 Å². The van der Waals surface area contributed by atoms with Crippen molar-refractivity contribution in [2.45, 2.75) is 38.5 Å². The largest absolute Gasteiger partial charge is 0.309 e. The highest BCUT2D eigenvalue weighted by Gasteiger charge is 2.38. The zero-order valence-electron chi connectivity index (χ0n) is 59.3. The van der Waals surface area contributed by atoms with Crippen LogP contribution >= 0.6 is 0 Å². The highest BCUT2D eigenvalue weighted by atomic mass is 15.0. The fourth-order valence-corrected chi connectivity index (χ4v) is 18.8. The molecule has 106 heavy (non-hydrogen) atoms. The lowest BCUT2D eigenvalue weighted by atomic mass is 9.81. The molecule has 20 aromatic rings. The first kappa shape index (κ1) is 60.3. The van der Waals surface area contributed by atoms with E-state index >= 15 is 0 Å². The molecule has 4 heterocycles. The normalized spacial score (nSPS) is 13.4. The first-order chi connectivity index (χ1) is 52.1. The minimum absolute atomic E-state index is 0.0886. The van der Waals surface area contributed by atoms with E-state index < -0.39 is 0 Å². The maximum Gasteiger partial charge on any atom is 0.0543 e. The van der Waals surface area contributed by atoms with Gasteiger partial charge < -0.3 is 18.3 Å². The van der Waals surface area contributed by atoms with Crippen LogP contribution in [0.25, 0.3) is 188 Å². The van der Waals surface area contributed by atoms with Crippen molar-refractivity contribution in [3.63, 3.8) is 0 Å². The Hall–Kier alpha value is -13.3. The molecule has 0 atom stereocenters. The smallest absolute Gasteiger partial charge is 0.0543 e. The molecule has 0 amide bonds. The second-order valence-corrected chi connectivity index (χ2v) is 30.4. The number of hydrogen-bond donors (Lipinski definition) is 0. The molecule has 0 radical (unpaired) electrons. The third kappa shape index (κ3) is 8.82. The number of aromatic nitrogens is 4. The Balaban J connectivity index is 0.571.